The Labute approximate surface area is 118 Å². The Morgan fingerprint density at radius 1 is 1.42 bits per heavy atom. The van der Waals surface area contributed by atoms with E-state index < -0.39 is 12.3 Å². The van der Waals surface area contributed by atoms with Crippen molar-refractivity contribution in [1.82, 2.24) is 9.88 Å². The van der Waals surface area contributed by atoms with Gasteiger partial charge >= 0.3 is 6.09 Å². The van der Waals surface area contributed by atoms with Crippen molar-refractivity contribution in [3.63, 3.8) is 0 Å². The Balaban J connectivity index is 2.25. The molecule has 1 aromatic carbocycles. The van der Waals surface area contributed by atoms with Gasteiger partial charge in [0.2, 0.25) is 0 Å². The number of nitrogens with one attached hydrogen (secondary N) is 1. The van der Waals surface area contributed by atoms with Crippen molar-refractivity contribution in [3.05, 3.63) is 27.9 Å². The highest BCUT2D eigenvalue weighted by molar-refractivity contribution is 6.45. The molecule has 0 radical (unpaired) electrons. The van der Waals surface area contributed by atoms with Gasteiger partial charge in [-0.3, -0.25) is 0 Å². The third-order valence-corrected chi connectivity index (χ3v) is 4.15. The second-order valence-corrected chi connectivity index (χ2v) is 5.25. The number of amides is 1. The molecule has 0 bridgehead atoms. The number of phenolic OH excluding ortho intramolecular Hbond substituents is 1. The number of rotatable bonds is 1. The van der Waals surface area contributed by atoms with Crippen molar-refractivity contribution in [3.8, 4) is 5.75 Å². The fraction of sp³-hybridized carbons (Fsp3) is 0.250. The normalized spacial score (nSPS) is 17.7. The lowest BCUT2D eigenvalue weighted by Gasteiger charge is -2.15. The highest BCUT2D eigenvalue weighted by Gasteiger charge is 2.28. The maximum absolute atomic E-state index is 10.8. The Hall–Kier alpha value is -1.59. The second kappa shape index (κ2) is 4.21. The number of phenols is 1. The third kappa shape index (κ3) is 1.81. The molecule has 19 heavy (non-hydrogen) atoms. The molecule has 0 saturated heterocycles. The molecule has 5 nitrogen and oxygen atoms in total. The van der Waals surface area contributed by atoms with Crippen LogP contribution in [-0.2, 0) is 6.42 Å². The van der Waals surface area contributed by atoms with Crippen LogP contribution in [0.1, 0.15) is 18.3 Å². The number of fused-ring (bicyclic) bond motifs is 3. The van der Waals surface area contributed by atoms with E-state index in [1.165, 1.54) is 6.07 Å². The van der Waals surface area contributed by atoms with E-state index in [9.17, 15) is 9.90 Å². The fourth-order valence-corrected chi connectivity index (χ4v) is 3.03. The molecule has 1 aliphatic heterocycles. The Kier molecular flexibility index (Phi) is 2.76. The van der Waals surface area contributed by atoms with Crippen LogP contribution >= 0.6 is 23.2 Å². The highest BCUT2D eigenvalue weighted by Crippen LogP contribution is 2.42. The number of carboxylic acid groups (broad SMARTS) is 1. The molecule has 3 N–H and O–H groups in total. The van der Waals surface area contributed by atoms with E-state index >= 15 is 0 Å². The van der Waals surface area contributed by atoms with Gasteiger partial charge in [0.25, 0.3) is 0 Å². The largest absolute Gasteiger partial charge is 0.506 e. The highest BCUT2D eigenvalue weighted by atomic mass is 35.5. The van der Waals surface area contributed by atoms with Crippen LogP contribution in [0.5, 0.6) is 5.75 Å². The molecule has 0 saturated carbocycles. The lowest BCUT2D eigenvalue weighted by Crippen LogP contribution is -2.28. The quantitative estimate of drug-likeness (QED) is 0.756. The smallest absolute Gasteiger partial charge is 0.406 e. The van der Waals surface area contributed by atoms with Crippen LogP contribution in [0.4, 0.5) is 4.79 Å². The van der Waals surface area contributed by atoms with Crippen LogP contribution in [0.3, 0.4) is 0 Å². The summed E-state index contributed by atoms with van der Waals surface area (Å²) in [6.07, 6.45) is -0.128. The van der Waals surface area contributed by atoms with Crippen LogP contribution in [0, 0.1) is 0 Å². The Bertz CT molecular complexity index is 696. The van der Waals surface area contributed by atoms with Gasteiger partial charge in [0, 0.05) is 17.1 Å². The lowest BCUT2D eigenvalue weighted by molar-refractivity contribution is 0.185. The summed E-state index contributed by atoms with van der Waals surface area (Å²) in [7, 11) is 0. The molecule has 0 aliphatic carbocycles. The number of aryl methyl sites for hydroxylation is 1. The molecule has 2 heterocycles. The summed E-state index contributed by atoms with van der Waals surface area (Å²) in [6, 6.07) is 3.21. The van der Waals surface area contributed by atoms with Crippen molar-refractivity contribution >= 4 is 40.2 Å². The first-order valence-corrected chi connectivity index (χ1v) is 6.45. The fourth-order valence-electron chi connectivity index (χ4n) is 2.63. The van der Waals surface area contributed by atoms with E-state index in [1.807, 2.05) is 6.07 Å². The monoisotopic (exact) mass is 300 g/mol. The molecule has 100 valence electrons. The van der Waals surface area contributed by atoms with E-state index in [4.69, 9.17) is 28.3 Å². The van der Waals surface area contributed by atoms with Gasteiger partial charge in [-0.15, -0.1) is 0 Å². The zero-order valence-corrected chi connectivity index (χ0v) is 11.2. The van der Waals surface area contributed by atoms with E-state index in [0.29, 0.717) is 28.8 Å². The summed E-state index contributed by atoms with van der Waals surface area (Å²) >= 11 is 12.1. The number of nitrogens with zero attached hydrogens (tertiary/aromatic N) is 1. The first kappa shape index (κ1) is 12.4. The van der Waals surface area contributed by atoms with Gasteiger partial charge < -0.3 is 20.1 Å². The van der Waals surface area contributed by atoms with Crippen molar-refractivity contribution in [2.75, 3.05) is 0 Å². The molecular formula is C12H10Cl2N2O3. The van der Waals surface area contributed by atoms with E-state index in [0.717, 1.165) is 5.69 Å². The van der Waals surface area contributed by atoms with E-state index in [2.05, 4.69) is 5.32 Å². The Morgan fingerprint density at radius 3 is 2.84 bits per heavy atom. The Morgan fingerprint density at radius 2 is 2.16 bits per heavy atom. The summed E-state index contributed by atoms with van der Waals surface area (Å²) in [5.41, 5.74) is 1.44. The molecule has 1 amide bonds. The number of benzene rings is 1. The maximum atomic E-state index is 10.8. The van der Waals surface area contributed by atoms with E-state index in [1.54, 1.807) is 4.57 Å². The minimum atomic E-state index is -1.10. The summed E-state index contributed by atoms with van der Waals surface area (Å²) in [4.78, 5) is 10.8. The average molecular weight is 301 g/mol. The summed E-state index contributed by atoms with van der Waals surface area (Å²) in [5, 5.41) is 22.6. The predicted molar refractivity (Wildman–Crippen MR) is 72.1 cm³/mol. The average Bonchev–Trinajstić information content (AvgIpc) is 2.86. The molecule has 1 aromatic heterocycles. The van der Waals surface area contributed by atoms with Crippen LogP contribution in [-0.4, -0.2) is 20.9 Å². The van der Waals surface area contributed by atoms with Crippen LogP contribution < -0.4 is 5.32 Å². The van der Waals surface area contributed by atoms with Gasteiger partial charge in [-0.1, -0.05) is 23.2 Å². The first-order chi connectivity index (χ1) is 8.99. The SMILES string of the molecule is O=C(O)NC1CCc2cc3c(Cl)c(Cl)cc(O)c3n21. The van der Waals surface area contributed by atoms with Crippen molar-refractivity contribution < 1.29 is 15.0 Å². The van der Waals surface area contributed by atoms with Crippen LogP contribution in [0.25, 0.3) is 10.9 Å². The molecular weight excluding hydrogens is 291 g/mol. The lowest BCUT2D eigenvalue weighted by atomic mass is 10.2. The van der Waals surface area contributed by atoms with Gasteiger partial charge in [-0.05, 0) is 18.9 Å². The molecule has 3 rings (SSSR count). The number of hydrogen-bond acceptors (Lipinski definition) is 2. The van der Waals surface area contributed by atoms with Gasteiger partial charge in [0.05, 0.1) is 15.6 Å². The summed E-state index contributed by atoms with van der Waals surface area (Å²) < 4.78 is 1.76. The van der Waals surface area contributed by atoms with Crippen LogP contribution in [0.2, 0.25) is 10.0 Å². The van der Waals surface area contributed by atoms with Crippen molar-refractivity contribution in [2.24, 2.45) is 0 Å². The molecule has 1 aliphatic rings. The predicted octanol–water partition coefficient (Wildman–Crippen LogP) is 3.37. The number of hydrogen-bond donors (Lipinski definition) is 3. The van der Waals surface area contributed by atoms with Gasteiger partial charge in [0.1, 0.15) is 11.9 Å². The minimum Gasteiger partial charge on any atom is -0.506 e. The van der Waals surface area contributed by atoms with Gasteiger partial charge in [-0.25, -0.2) is 4.79 Å². The van der Waals surface area contributed by atoms with Crippen LogP contribution in [0.15, 0.2) is 12.1 Å². The van der Waals surface area contributed by atoms with E-state index in [-0.39, 0.29) is 10.8 Å². The topological polar surface area (TPSA) is 74.5 Å². The standard InChI is InChI=1S/C12H10Cl2N2O3/c13-7-4-8(17)11-6(10(7)14)3-5-1-2-9(16(5)11)15-12(18)19/h3-4,9,15,17H,1-2H2,(H,18,19). The number of aromatic hydroxyl groups is 1. The maximum Gasteiger partial charge on any atom is 0.406 e. The zero-order valence-electron chi connectivity index (χ0n) is 9.65. The molecule has 2 aromatic rings. The number of aromatic nitrogens is 1. The second-order valence-electron chi connectivity index (χ2n) is 4.46. The summed E-state index contributed by atoms with van der Waals surface area (Å²) in [6.45, 7) is 0. The number of carbonyl (C=O) groups is 1. The molecule has 0 spiro atoms. The minimum absolute atomic E-state index is 0.00487. The van der Waals surface area contributed by atoms with Gasteiger partial charge in [0.15, 0.2) is 0 Å². The zero-order chi connectivity index (χ0) is 13.7. The summed E-state index contributed by atoms with van der Waals surface area (Å²) in [5.74, 6) is -0.00487. The molecule has 1 unspecified atom stereocenters. The third-order valence-electron chi connectivity index (χ3n) is 3.34. The first-order valence-electron chi connectivity index (χ1n) is 5.69. The molecule has 1 atom stereocenters. The van der Waals surface area contributed by atoms with Gasteiger partial charge in [-0.2, -0.15) is 0 Å². The molecule has 0 fully saturated rings. The van der Waals surface area contributed by atoms with Crippen molar-refractivity contribution in [1.29, 1.82) is 0 Å². The molecule has 7 heteroatoms. The number of halogens is 2. The van der Waals surface area contributed by atoms with Crippen molar-refractivity contribution in [2.45, 2.75) is 19.0 Å².